The maximum Gasteiger partial charge on any atom is 0.343 e. The average molecular weight is 449 g/mol. The van der Waals surface area contributed by atoms with E-state index in [2.05, 4.69) is 15.9 Å². The molecule has 0 aliphatic carbocycles. The van der Waals surface area contributed by atoms with Gasteiger partial charge in [0, 0.05) is 10.0 Å². The Kier molecular flexibility index (Phi) is 5.07. The summed E-state index contributed by atoms with van der Waals surface area (Å²) in [5.41, 5.74) is 3.23. The summed E-state index contributed by atoms with van der Waals surface area (Å²) in [6, 6.07) is 18.1. The monoisotopic (exact) mass is 448 g/mol. The normalized spacial score (nSPS) is 13.9. The highest BCUT2D eigenvalue weighted by molar-refractivity contribution is 9.10. The Labute approximate surface area is 176 Å². The van der Waals surface area contributed by atoms with E-state index in [1.807, 2.05) is 43.3 Å². The molecule has 0 aromatic heterocycles. The zero-order valence-corrected chi connectivity index (χ0v) is 17.4. The van der Waals surface area contributed by atoms with Crippen molar-refractivity contribution in [1.82, 2.24) is 0 Å². The third-order valence-corrected chi connectivity index (χ3v) is 5.52. The number of aryl methyl sites for hydroxylation is 1. The van der Waals surface area contributed by atoms with Gasteiger partial charge < -0.3 is 9.47 Å². The summed E-state index contributed by atoms with van der Waals surface area (Å²) in [7, 11) is 0. The molecule has 0 amide bonds. The van der Waals surface area contributed by atoms with Gasteiger partial charge >= 0.3 is 5.97 Å². The maximum absolute atomic E-state index is 12.7. The molecule has 1 aliphatic heterocycles. The molecule has 0 unspecified atom stereocenters. The topological polar surface area (TPSA) is 52.6 Å². The van der Waals surface area contributed by atoms with Crippen LogP contribution in [0.1, 0.15) is 37.4 Å². The van der Waals surface area contributed by atoms with Gasteiger partial charge in [0.15, 0.2) is 5.76 Å². The molecule has 0 bridgehead atoms. The van der Waals surface area contributed by atoms with Gasteiger partial charge in [0.2, 0.25) is 5.78 Å². The molecule has 0 fully saturated rings. The highest BCUT2D eigenvalue weighted by Crippen LogP contribution is 2.39. The number of rotatable bonds is 3. The van der Waals surface area contributed by atoms with E-state index in [0.717, 1.165) is 15.6 Å². The van der Waals surface area contributed by atoms with Crippen LogP contribution >= 0.6 is 15.9 Å². The highest BCUT2D eigenvalue weighted by Gasteiger charge is 2.30. The maximum atomic E-state index is 12.7. The second-order valence-corrected chi connectivity index (χ2v) is 7.59. The first-order valence-electron chi connectivity index (χ1n) is 9.06. The second-order valence-electron chi connectivity index (χ2n) is 6.73. The van der Waals surface area contributed by atoms with Crippen LogP contribution < -0.4 is 9.47 Å². The Morgan fingerprint density at radius 3 is 2.48 bits per heavy atom. The standard InChI is InChI=1S/C24H17BrO4/c1-14-7-3-5-9-17(14)24(27)29-20-12-11-18-22(26)21(28-23(18)15(20)2)13-16-8-4-6-10-19(16)25/h3-13H,1-2H3/b21-13-. The molecule has 29 heavy (non-hydrogen) atoms. The van der Waals surface area contributed by atoms with Gasteiger partial charge in [-0.15, -0.1) is 0 Å². The van der Waals surface area contributed by atoms with Crippen LogP contribution in [-0.4, -0.2) is 11.8 Å². The number of esters is 1. The van der Waals surface area contributed by atoms with Gasteiger partial charge in [0.1, 0.15) is 11.5 Å². The van der Waals surface area contributed by atoms with Crippen molar-refractivity contribution < 1.29 is 19.1 Å². The lowest BCUT2D eigenvalue weighted by molar-refractivity contribution is 0.0732. The van der Waals surface area contributed by atoms with Crippen LogP contribution in [0.25, 0.3) is 6.08 Å². The number of benzene rings is 3. The van der Waals surface area contributed by atoms with Crippen LogP contribution in [0.15, 0.2) is 70.9 Å². The fraction of sp³-hybridized carbons (Fsp3) is 0.0833. The van der Waals surface area contributed by atoms with E-state index in [0.29, 0.717) is 28.2 Å². The van der Waals surface area contributed by atoms with E-state index in [4.69, 9.17) is 9.47 Å². The summed E-state index contributed by atoms with van der Waals surface area (Å²) in [4.78, 5) is 25.3. The summed E-state index contributed by atoms with van der Waals surface area (Å²) in [5.74, 6) is 0.378. The van der Waals surface area contributed by atoms with E-state index in [-0.39, 0.29) is 11.5 Å². The minimum Gasteiger partial charge on any atom is -0.452 e. The molecule has 1 aliphatic rings. The van der Waals surface area contributed by atoms with Gasteiger partial charge in [-0.25, -0.2) is 4.79 Å². The predicted octanol–water partition coefficient (Wildman–Crippen LogP) is 5.90. The van der Waals surface area contributed by atoms with Gasteiger partial charge in [-0.1, -0.05) is 52.3 Å². The highest BCUT2D eigenvalue weighted by atomic mass is 79.9. The quantitative estimate of drug-likeness (QED) is 0.284. The van der Waals surface area contributed by atoms with Gasteiger partial charge in [0.05, 0.1) is 11.1 Å². The molecule has 1 heterocycles. The molecule has 4 nitrogen and oxygen atoms in total. The third kappa shape index (κ3) is 3.61. The lowest BCUT2D eigenvalue weighted by Crippen LogP contribution is -2.11. The molecule has 144 valence electrons. The number of hydrogen-bond donors (Lipinski definition) is 0. The van der Waals surface area contributed by atoms with Crippen LogP contribution in [0, 0.1) is 13.8 Å². The first-order chi connectivity index (χ1) is 14.0. The second kappa shape index (κ2) is 7.68. The molecule has 0 N–H and O–H groups in total. The third-order valence-electron chi connectivity index (χ3n) is 4.80. The number of allylic oxidation sites excluding steroid dienone is 1. The first kappa shape index (κ1) is 19.2. The molecular formula is C24H17BrO4. The van der Waals surface area contributed by atoms with Crippen molar-refractivity contribution in [3.63, 3.8) is 0 Å². The van der Waals surface area contributed by atoms with Gasteiger partial charge in [-0.3, -0.25) is 4.79 Å². The molecule has 0 radical (unpaired) electrons. The number of hydrogen-bond acceptors (Lipinski definition) is 4. The van der Waals surface area contributed by atoms with E-state index >= 15 is 0 Å². The first-order valence-corrected chi connectivity index (χ1v) is 9.85. The minimum atomic E-state index is -0.445. The van der Waals surface area contributed by atoms with E-state index < -0.39 is 5.97 Å². The molecule has 0 saturated heterocycles. The van der Waals surface area contributed by atoms with Crippen molar-refractivity contribution in [1.29, 1.82) is 0 Å². The average Bonchev–Trinajstić information content (AvgIpc) is 3.02. The van der Waals surface area contributed by atoms with Crippen LogP contribution in [0.2, 0.25) is 0 Å². The van der Waals surface area contributed by atoms with Crippen molar-refractivity contribution in [2.45, 2.75) is 13.8 Å². The molecular weight excluding hydrogens is 432 g/mol. The largest absolute Gasteiger partial charge is 0.452 e. The lowest BCUT2D eigenvalue weighted by atomic mass is 10.1. The Morgan fingerprint density at radius 1 is 1.00 bits per heavy atom. The summed E-state index contributed by atoms with van der Waals surface area (Å²) in [6.07, 6.45) is 1.70. The van der Waals surface area contributed by atoms with Gasteiger partial charge in [-0.2, -0.15) is 0 Å². The molecule has 0 atom stereocenters. The molecule has 0 spiro atoms. The fourth-order valence-corrected chi connectivity index (χ4v) is 3.57. The molecule has 4 rings (SSSR count). The summed E-state index contributed by atoms with van der Waals surface area (Å²) in [6.45, 7) is 3.63. The van der Waals surface area contributed by atoms with Crippen molar-refractivity contribution in [3.8, 4) is 11.5 Å². The van der Waals surface area contributed by atoms with Crippen LogP contribution in [-0.2, 0) is 0 Å². The van der Waals surface area contributed by atoms with Crippen molar-refractivity contribution in [3.05, 3.63) is 98.7 Å². The van der Waals surface area contributed by atoms with E-state index in [9.17, 15) is 9.59 Å². The van der Waals surface area contributed by atoms with Gasteiger partial charge in [-0.05, 0) is 55.3 Å². The fourth-order valence-electron chi connectivity index (χ4n) is 3.17. The number of Topliss-reactive ketones (excluding diaryl/α,β-unsaturated/α-hetero) is 1. The van der Waals surface area contributed by atoms with Crippen LogP contribution in [0.5, 0.6) is 11.5 Å². The van der Waals surface area contributed by atoms with Gasteiger partial charge in [0.25, 0.3) is 0 Å². The Morgan fingerprint density at radius 2 is 1.72 bits per heavy atom. The SMILES string of the molecule is Cc1ccccc1C(=O)Oc1ccc2c(c1C)O/C(=C\c1ccccc1Br)C2=O. The number of ketones is 1. The van der Waals surface area contributed by atoms with Crippen molar-refractivity contribution in [2.75, 3.05) is 0 Å². The molecule has 5 heteroatoms. The number of halogens is 1. The number of fused-ring (bicyclic) bond motifs is 1. The Hall–Kier alpha value is -3.18. The number of carbonyl (C=O) groups is 2. The number of ether oxygens (including phenoxy) is 2. The summed E-state index contributed by atoms with van der Waals surface area (Å²) < 4.78 is 12.3. The molecule has 3 aromatic rings. The summed E-state index contributed by atoms with van der Waals surface area (Å²) >= 11 is 3.47. The minimum absolute atomic E-state index is 0.198. The molecule has 0 saturated carbocycles. The molecule has 3 aromatic carbocycles. The smallest absolute Gasteiger partial charge is 0.343 e. The predicted molar refractivity (Wildman–Crippen MR) is 114 cm³/mol. The Balaban J connectivity index is 1.64. The van der Waals surface area contributed by atoms with E-state index in [1.54, 1.807) is 37.3 Å². The number of carbonyl (C=O) groups excluding carboxylic acids is 2. The zero-order valence-electron chi connectivity index (χ0n) is 15.9. The lowest BCUT2D eigenvalue weighted by Gasteiger charge is -2.11. The van der Waals surface area contributed by atoms with Crippen molar-refractivity contribution >= 4 is 33.8 Å². The zero-order chi connectivity index (χ0) is 20.5. The van der Waals surface area contributed by atoms with Crippen LogP contribution in [0.4, 0.5) is 0 Å². The summed E-state index contributed by atoms with van der Waals surface area (Å²) in [5, 5.41) is 0. The van der Waals surface area contributed by atoms with Crippen molar-refractivity contribution in [2.24, 2.45) is 0 Å². The Bertz CT molecular complexity index is 1180. The van der Waals surface area contributed by atoms with E-state index in [1.165, 1.54) is 0 Å². The van der Waals surface area contributed by atoms with Crippen LogP contribution in [0.3, 0.4) is 0 Å².